The lowest BCUT2D eigenvalue weighted by molar-refractivity contribution is 0.108. The van der Waals surface area contributed by atoms with E-state index in [4.69, 9.17) is 0 Å². The Morgan fingerprint density at radius 2 is 2.30 bits per heavy atom. The summed E-state index contributed by atoms with van der Waals surface area (Å²) < 4.78 is 0. The number of rotatable bonds is 1. The van der Waals surface area contributed by atoms with Gasteiger partial charge in [0.15, 0.2) is 0 Å². The normalized spacial score (nSPS) is 9.40. The van der Waals surface area contributed by atoms with Gasteiger partial charge < -0.3 is 0 Å². The lowest BCUT2D eigenvalue weighted by Gasteiger charge is -1.95. The summed E-state index contributed by atoms with van der Waals surface area (Å²) in [5.41, 5.74) is 0.439. The molecule has 0 saturated carbocycles. The molecule has 0 amide bonds. The van der Waals surface area contributed by atoms with Gasteiger partial charge in [-0.25, -0.2) is 4.98 Å². The van der Waals surface area contributed by atoms with E-state index >= 15 is 0 Å². The van der Waals surface area contributed by atoms with Crippen LogP contribution in [0.4, 0.5) is 0 Å². The van der Waals surface area contributed by atoms with Crippen LogP contribution in [0.5, 0.6) is 0 Å². The monoisotopic (exact) mass is 171 g/mol. The molecule has 1 aromatic heterocycles. The van der Waals surface area contributed by atoms with Crippen molar-refractivity contribution in [1.29, 1.82) is 0 Å². The maximum atomic E-state index is 10.6. The minimum absolute atomic E-state index is 0.307. The molecule has 4 heteroatoms. The Kier molecular flexibility index (Phi) is 2.34. The van der Waals surface area contributed by atoms with Crippen LogP contribution < -0.4 is 0 Å². The van der Waals surface area contributed by atoms with Crippen LogP contribution in [-0.2, 0) is 0 Å². The molecule has 0 N–H and O–H groups in total. The minimum Gasteiger partial charge on any atom is -0.282 e. The van der Waals surface area contributed by atoms with Crippen LogP contribution >= 0.6 is 25.3 Å². The quantitative estimate of drug-likeness (QED) is 0.626. The topological polar surface area (TPSA) is 30.0 Å². The van der Waals surface area contributed by atoms with E-state index in [9.17, 15) is 4.79 Å². The van der Waals surface area contributed by atoms with Crippen molar-refractivity contribution in [2.24, 2.45) is 0 Å². The Labute approximate surface area is 69.5 Å². The molecule has 0 spiro atoms. The zero-order valence-electron chi connectivity index (χ0n) is 4.98. The third-order valence-electron chi connectivity index (χ3n) is 1.02. The van der Waals surface area contributed by atoms with Crippen molar-refractivity contribution in [2.45, 2.75) is 5.03 Å². The first-order chi connectivity index (χ1) is 4.72. The Morgan fingerprint density at radius 1 is 1.60 bits per heavy atom. The maximum Gasteiger partial charge on any atom is 0.219 e. The summed E-state index contributed by atoms with van der Waals surface area (Å²) >= 11 is 7.59. The first kappa shape index (κ1) is 7.63. The van der Waals surface area contributed by atoms with Crippen LogP contribution in [0.15, 0.2) is 23.4 Å². The van der Waals surface area contributed by atoms with Gasteiger partial charge >= 0.3 is 0 Å². The highest BCUT2D eigenvalue weighted by molar-refractivity contribution is 7.97. The van der Waals surface area contributed by atoms with Gasteiger partial charge in [-0.3, -0.25) is 4.79 Å². The van der Waals surface area contributed by atoms with Crippen molar-refractivity contribution in [2.75, 3.05) is 0 Å². The Morgan fingerprint density at radius 3 is 2.70 bits per heavy atom. The predicted octanol–water partition coefficient (Wildman–Crippen LogP) is 1.44. The fourth-order valence-electron chi connectivity index (χ4n) is 0.564. The van der Waals surface area contributed by atoms with Gasteiger partial charge in [-0.15, -0.1) is 25.3 Å². The lowest BCUT2D eigenvalue weighted by atomic mass is 10.3. The summed E-state index contributed by atoms with van der Waals surface area (Å²) in [5, 5.41) is 0.112. The second kappa shape index (κ2) is 3.07. The predicted molar refractivity (Wildman–Crippen MR) is 44.8 cm³/mol. The summed E-state index contributed by atoms with van der Waals surface area (Å²) in [6.45, 7) is 0. The third kappa shape index (κ3) is 1.52. The van der Waals surface area contributed by atoms with E-state index in [2.05, 4.69) is 30.2 Å². The molecule has 0 aliphatic rings. The summed E-state index contributed by atoms with van der Waals surface area (Å²) in [4.78, 5) is 14.4. The largest absolute Gasteiger partial charge is 0.282 e. The van der Waals surface area contributed by atoms with E-state index < -0.39 is 0 Å². The van der Waals surface area contributed by atoms with Gasteiger partial charge in [0, 0.05) is 6.20 Å². The second-order valence-corrected chi connectivity index (χ2v) is 2.51. The highest BCUT2D eigenvalue weighted by atomic mass is 32.1. The molecule has 0 fully saturated rings. The van der Waals surface area contributed by atoms with Crippen LogP contribution in [0, 0.1) is 0 Å². The molecule has 52 valence electrons. The van der Waals surface area contributed by atoms with E-state index in [1.165, 1.54) is 0 Å². The first-order valence-electron chi connectivity index (χ1n) is 2.59. The van der Waals surface area contributed by atoms with Gasteiger partial charge in [0.2, 0.25) is 5.12 Å². The van der Waals surface area contributed by atoms with Crippen LogP contribution in [0.25, 0.3) is 0 Å². The fourth-order valence-corrected chi connectivity index (χ4v) is 1.08. The Balaban J connectivity index is 3.15. The number of pyridine rings is 1. The molecule has 0 bridgehead atoms. The minimum atomic E-state index is -0.307. The van der Waals surface area contributed by atoms with Gasteiger partial charge in [0.05, 0.1) is 5.56 Å². The maximum absolute atomic E-state index is 10.6. The molecule has 0 atom stereocenters. The number of hydrogen-bond donors (Lipinski definition) is 2. The van der Waals surface area contributed by atoms with Gasteiger partial charge in [-0.2, -0.15) is 0 Å². The SMILES string of the molecule is O=C(S)c1cccnc1S. The molecular weight excluding hydrogens is 166 g/mol. The molecule has 10 heavy (non-hydrogen) atoms. The van der Waals surface area contributed by atoms with Gasteiger partial charge in [-0.05, 0) is 12.1 Å². The van der Waals surface area contributed by atoms with Crippen molar-refractivity contribution in [3.05, 3.63) is 23.9 Å². The molecule has 1 aromatic rings. The average molecular weight is 171 g/mol. The highest BCUT2D eigenvalue weighted by Crippen LogP contribution is 2.10. The molecule has 0 aromatic carbocycles. The second-order valence-electron chi connectivity index (χ2n) is 1.68. The number of nitrogens with zero attached hydrogens (tertiary/aromatic N) is 1. The van der Waals surface area contributed by atoms with E-state index in [1.54, 1.807) is 18.3 Å². The number of thiol groups is 2. The molecule has 0 aliphatic heterocycles. The smallest absolute Gasteiger partial charge is 0.219 e. The molecule has 0 radical (unpaired) electrons. The van der Waals surface area contributed by atoms with Crippen molar-refractivity contribution >= 4 is 30.4 Å². The zero-order chi connectivity index (χ0) is 7.56. The van der Waals surface area contributed by atoms with Crippen LogP contribution in [0.2, 0.25) is 0 Å². The fraction of sp³-hybridized carbons (Fsp3) is 0. The van der Waals surface area contributed by atoms with Crippen molar-refractivity contribution in [3.63, 3.8) is 0 Å². The lowest BCUT2D eigenvalue weighted by Crippen LogP contribution is -1.91. The Hall–Kier alpha value is -0.480. The van der Waals surface area contributed by atoms with Crippen molar-refractivity contribution in [1.82, 2.24) is 4.98 Å². The van der Waals surface area contributed by atoms with Crippen molar-refractivity contribution < 1.29 is 4.79 Å². The molecule has 0 aliphatic carbocycles. The molecular formula is C6H5NOS2. The van der Waals surface area contributed by atoms with Gasteiger partial charge in [0.1, 0.15) is 5.03 Å². The van der Waals surface area contributed by atoms with E-state index in [0.717, 1.165) is 0 Å². The number of hydrogen-bond acceptors (Lipinski definition) is 3. The summed E-state index contributed by atoms with van der Waals surface area (Å²) in [5.74, 6) is 0. The van der Waals surface area contributed by atoms with Crippen LogP contribution in [0.1, 0.15) is 10.4 Å². The van der Waals surface area contributed by atoms with E-state index in [0.29, 0.717) is 10.6 Å². The first-order valence-corrected chi connectivity index (χ1v) is 3.48. The van der Waals surface area contributed by atoms with Crippen LogP contribution in [-0.4, -0.2) is 10.1 Å². The van der Waals surface area contributed by atoms with E-state index in [-0.39, 0.29) is 5.12 Å². The van der Waals surface area contributed by atoms with Crippen LogP contribution in [0.3, 0.4) is 0 Å². The van der Waals surface area contributed by atoms with Crippen molar-refractivity contribution in [3.8, 4) is 0 Å². The van der Waals surface area contributed by atoms with Gasteiger partial charge in [-0.1, -0.05) is 0 Å². The molecule has 2 nitrogen and oxygen atoms in total. The molecule has 1 heterocycles. The Bertz CT molecular complexity index is 262. The standard InChI is InChI=1S/C6H5NOS2/c8-6(10)4-2-1-3-7-5(4)9/h1-3H,(H,7,9)(H,8,10). The number of aromatic nitrogens is 1. The van der Waals surface area contributed by atoms with Gasteiger partial charge in [0.25, 0.3) is 0 Å². The number of carbonyl (C=O) groups is 1. The molecule has 0 unspecified atom stereocenters. The summed E-state index contributed by atoms with van der Waals surface area (Å²) in [6.07, 6.45) is 1.57. The summed E-state index contributed by atoms with van der Waals surface area (Å²) in [7, 11) is 0. The highest BCUT2D eigenvalue weighted by Gasteiger charge is 2.03. The molecule has 0 saturated heterocycles. The summed E-state index contributed by atoms with van der Waals surface area (Å²) in [6, 6.07) is 3.30. The zero-order valence-corrected chi connectivity index (χ0v) is 6.77. The number of carbonyl (C=O) groups excluding carboxylic acids is 1. The molecule has 1 rings (SSSR count). The average Bonchev–Trinajstić information content (AvgIpc) is 1.88. The van der Waals surface area contributed by atoms with E-state index in [1.807, 2.05) is 0 Å². The third-order valence-corrected chi connectivity index (χ3v) is 1.61.